The molecule has 0 saturated carbocycles. The number of hydrogen-bond acceptors (Lipinski definition) is 2. The van der Waals surface area contributed by atoms with Gasteiger partial charge in [0.05, 0.1) is 0 Å². The van der Waals surface area contributed by atoms with Crippen molar-refractivity contribution in [3.63, 3.8) is 0 Å². The third kappa shape index (κ3) is 4.22. The quantitative estimate of drug-likeness (QED) is 0.893. The number of hydrogen-bond donors (Lipinski definition) is 1. The lowest BCUT2D eigenvalue weighted by molar-refractivity contribution is 0.521. The maximum atomic E-state index is 3.71. The van der Waals surface area contributed by atoms with E-state index in [2.05, 4.69) is 58.2 Å². The number of halogens is 1. The molecule has 1 aliphatic heterocycles. The van der Waals surface area contributed by atoms with E-state index in [4.69, 9.17) is 0 Å². The van der Waals surface area contributed by atoms with Crippen LogP contribution in [0.2, 0.25) is 0 Å². The molecule has 0 bridgehead atoms. The maximum absolute atomic E-state index is 3.71. The van der Waals surface area contributed by atoms with Gasteiger partial charge >= 0.3 is 0 Å². The largest absolute Gasteiger partial charge is 0.371 e. The second-order valence-electron chi connectivity index (χ2n) is 5.58. The highest BCUT2D eigenvalue weighted by atomic mass is 79.9. The maximum Gasteiger partial charge on any atom is 0.0377 e. The molecule has 0 aliphatic carbocycles. The molecule has 1 aliphatic rings. The third-order valence-electron chi connectivity index (χ3n) is 3.98. The van der Waals surface area contributed by atoms with E-state index in [0.717, 1.165) is 19.0 Å². The first-order chi connectivity index (χ1) is 9.20. The van der Waals surface area contributed by atoms with Crippen molar-refractivity contribution in [2.24, 2.45) is 5.92 Å². The van der Waals surface area contributed by atoms with E-state index in [1.165, 1.54) is 48.1 Å². The lowest BCUT2D eigenvalue weighted by Gasteiger charge is -2.23. The monoisotopic (exact) mass is 324 g/mol. The van der Waals surface area contributed by atoms with Gasteiger partial charge in [0.25, 0.3) is 0 Å². The summed E-state index contributed by atoms with van der Waals surface area (Å²) in [5.74, 6) is 0.876. The summed E-state index contributed by atoms with van der Waals surface area (Å²) in [6, 6.07) is 6.80. The number of benzene rings is 1. The van der Waals surface area contributed by atoms with Crippen LogP contribution >= 0.6 is 15.9 Å². The summed E-state index contributed by atoms with van der Waals surface area (Å²) < 4.78 is 1.23. The Morgan fingerprint density at radius 1 is 1.32 bits per heavy atom. The summed E-state index contributed by atoms with van der Waals surface area (Å²) >= 11 is 3.71. The highest BCUT2D eigenvalue weighted by Crippen LogP contribution is 2.27. The third-order valence-corrected chi connectivity index (χ3v) is 4.72. The Labute approximate surface area is 125 Å². The van der Waals surface area contributed by atoms with Gasteiger partial charge in [-0.15, -0.1) is 0 Å². The van der Waals surface area contributed by atoms with Crippen molar-refractivity contribution in [1.82, 2.24) is 5.32 Å². The molecule has 3 heteroatoms. The zero-order valence-electron chi connectivity index (χ0n) is 12.1. The Bertz CT molecular complexity index is 406. The first-order valence-electron chi connectivity index (χ1n) is 7.44. The molecule has 2 rings (SSSR count). The molecule has 0 spiro atoms. The van der Waals surface area contributed by atoms with Gasteiger partial charge in [0.1, 0.15) is 0 Å². The normalized spacial score (nSPS) is 20.4. The predicted octanol–water partition coefficient (Wildman–Crippen LogP) is 4.19. The van der Waals surface area contributed by atoms with Gasteiger partial charge in [-0.05, 0) is 49.4 Å². The predicted molar refractivity (Wildman–Crippen MR) is 86.8 cm³/mol. The zero-order chi connectivity index (χ0) is 13.7. The Balaban J connectivity index is 2.06. The summed E-state index contributed by atoms with van der Waals surface area (Å²) in [5, 5.41) is 3.38. The average molecular weight is 325 g/mol. The van der Waals surface area contributed by atoms with Crippen molar-refractivity contribution >= 4 is 21.6 Å². The molecule has 0 amide bonds. The molecule has 1 atom stereocenters. The Morgan fingerprint density at radius 3 is 2.89 bits per heavy atom. The van der Waals surface area contributed by atoms with Crippen LogP contribution in [-0.2, 0) is 6.54 Å². The van der Waals surface area contributed by atoms with Gasteiger partial charge in [-0.2, -0.15) is 0 Å². The number of rotatable bonds is 4. The van der Waals surface area contributed by atoms with E-state index in [1.54, 1.807) is 0 Å². The molecule has 0 aromatic heterocycles. The molecular weight excluding hydrogens is 300 g/mol. The Kier molecular flexibility index (Phi) is 5.71. The van der Waals surface area contributed by atoms with E-state index in [9.17, 15) is 0 Å². The van der Waals surface area contributed by atoms with Crippen molar-refractivity contribution in [3.8, 4) is 0 Å². The number of nitrogens with one attached hydrogen (secondary N) is 1. The summed E-state index contributed by atoms with van der Waals surface area (Å²) in [5.41, 5.74) is 2.70. The molecule has 19 heavy (non-hydrogen) atoms. The van der Waals surface area contributed by atoms with Crippen LogP contribution in [0.15, 0.2) is 22.7 Å². The van der Waals surface area contributed by atoms with E-state index in [1.807, 2.05) is 0 Å². The van der Waals surface area contributed by atoms with Crippen molar-refractivity contribution < 1.29 is 0 Å². The van der Waals surface area contributed by atoms with Crippen LogP contribution in [0.5, 0.6) is 0 Å². The minimum Gasteiger partial charge on any atom is -0.371 e. The molecule has 1 unspecified atom stereocenters. The van der Waals surface area contributed by atoms with E-state index < -0.39 is 0 Å². The van der Waals surface area contributed by atoms with E-state index in [0.29, 0.717) is 0 Å². The molecule has 1 fully saturated rings. The lowest BCUT2D eigenvalue weighted by atomic mass is 10.0. The first-order valence-corrected chi connectivity index (χ1v) is 8.24. The van der Waals surface area contributed by atoms with Gasteiger partial charge in [-0.3, -0.25) is 0 Å². The van der Waals surface area contributed by atoms with Crippen LogP contribution in [-0.4, -0.2) is 19.6 Å². The first kappa shape index (κ1) is 14.9. The van der Waals surface area contributed by atoms with Gasteiger partial charge in [0.2, 0.25) is 0 Å². The molecule has 0 radical (unpaired) electrons. The summed E-state index contributed by atoms with van der Waals surface area (Å²) in [4.78, 5) is 2.53. The van der Waals surface area contributed by atoms with Crippen molar-refractivity contribution in [1.29, 1.82) is 0 Å². The summed E-state index contributed by atoms with van der Waals surface area (Å²) in [7, 11) is 0. The van der Waals surface area contributed by atoms with Crippen molar-refractivity contribution in [3.05, 3.63) is 28.2 Å². The van der Waals surface area contributed by atoms with Crippen LogP contribution in [0.3, 0.4) is 0 Å². The molecule has 1 heterocycles. The molecule has 106 valence electrons. The van der Waals surface area contributed by atoms with E-state index in [-0.39, 0.29) is 0 Å². The zero-order valence-corrected chi connectivity index (χ0v) is 13.7. The van der Waals surface area contributed by atoms with Gasteiger partial charge in [-0.1, -0.05) is 35.8 Å². The van der Waals surface area contributed by atoms with Crippen LogP contribution < -0.4 is 10.2 Å². The minimum atomic E-state index is 0.876. The topological polar surface area (TPSA) is 15.3 Å². The van der Waals surface area contributed by atoms with Gasteiger partial charge in [0.15, 0.2) is 0 Å². The van der Waals surface area contributed by atoms with Crippen LogP contribution in [0.25, 0.3) is 0 Å². The standard InChI is InChI=1S/C16H25BrN2/c1-3-18-12-14-6-7-15(11-16(14)17)19-9-4-5-13(2)8-10-19/h6-7,11,13,18H,3-5,8-10,12H2,1-2H3. The fourth-order valence-corrected chi connectivity index (χ4v) is 3.16. The second-order valence-corrected chi connectivity index (χ2v) is 6.43. The molecule has 1 saturated heterocycles. The molecular formula is C16H25BrN2. The smallest absolute Gasteiger partial charge is 0.0377 e. The lowest BCUT2D eigenvalue weighted by Crippen LogP contribution is -2.24. The Morgan fingerprint density at radius 2 is 2.16 bits per heavy atom. The fourth-order valence-electron chi connectivity index (χ4n) is 2.66. The molecule has 1 aromatic rings. The SMILES string of the molecule is CCNCc1ccc(N2CCCC(C)CC2)cc1Br. The van der Waals surface area contributed by atoms with Gasteiger partial charge in [-0.25, -0.2) is 0 Å². The Hall–Kier alpha value is -0.540. The summed E-state index contributed by atoms with van der Waals surface area (Å²) in [6.45, 7) is 8.86. The average Bonchev–Trinajstić information content (AvgIpc) is 2.62. The molecule has 2 nitrogen and oxygen atoms in total. The van der Waals surface area contributed by atoms with Crippen molar-refractivity contribution in [2.75, 3.05) is 24.5 Å². The van der Waals surface area contributed by atoms with Crippen LogP contribution in [0, 0.1) is 5.92 Å². The van der Waals surface area contributed by atoms with Gasteiger partial charge < -0.3 is 10.2 Å². The number of nitrogens with zero attached hydrogens (tertiary/aromatic N) is 1. The number of anilines is 1. The molecule has 1 aromatic carbocycles. The summed E-state index contributed by atoms with van der Waals surface area (Å²) in [6.07, 6.45) is 4.00. The fraction of sp³-hybridized carbons (Fsp3) is 0.625. The van der Waals surface area contributed by atoms with Crippen molar-refractivity contribution in [2.45, 2.75) is 39.7 Å². The van der Waals surface area contributed by atoms with E-state index >= 15 is 0 Å². The van der Waals surface area contributed by atoms with Crippen LogP contribution in [0.4, 0.5) is 5.69 Å². The second kappa shape index (κ2) is 7.30. The minimum absolute atomic E-state index is 0.876. The van der Waals surface area contributed by atoms with Gasteiger partial charge in [0, 0.05) is 29.8 Å². The highest BCUT2D eigenvalue weighted by molar-refractivity contribution is 9.10. The highest BCUT2D eigenvalue weighted by Gasteiger charge is 2.14. The molecule has 1 N–H and O–H groups in total. The van der Waals surface area contributed by atoms with Crippen LogP contribution in [0.1, 0.15) is 38.7 Å².